The standard InChI is InChI=1S/C16H22OS2/c1-13-5-4-7-15(9-13)19-12-16-10-14(11-18-16)6-2-3-8-17/h10-11,13,15,17H,3-5,7-9,12H2,1H3. The minimum Gasteiger partial charge on any atom is -0.395 e. The van der Waals surface area contributed by atoms with Gasteiger partial charge in [0.05, 0.1) is 6.61 Å². The Bertz CT molecular complexity index is 441. The number of aliphatic hydroxyl groups excluding tert-OH is 1. The van der Waals surface area contributed by atoms with Crippen LogP contribution in [-0.4, -0.2) is 17.0 Å². The highest BCUT2D eigenvalue weighted by atomic mass is 32.2. The molecule has 1 N–H and O–H groups in total. The third kappa shape index (κ3) is 5.22. The van der Waals surface area contributed by atoms with E-state index in [4.69, 9.17) is 5.11 Å². The fourth-order valence-corrected chi connectivity index (χ4v) is 4.83. The highest BCUT2D eigenvalue weighted by molar-refractivity contribution is 7.99. The van der Waals surface area contributed by atoms with Gasteiger partial charge in [0, 0.05) is 33.2 Å². The maximum Gasteiger partial charge on any atom is 0.0540 e. The van der Waals surface area contributed by atoms with E-state index in [0.717, 1.165) is 22.5 Å². The van der Waals surface area contributed by atoms with Crippen molar-refractivity contribution in [1.29, 1.82) is 0 Å². The number of aliphatic hydroxyl groups is 1. The Hall–Kier alpha value is -0.430. The summed E-state index contributed by atoms with van der Waals surface area (Å²) in [4.78, 5) is 1.43. The van der Waals surface area contributed by atoms with Crippen LogP contribution in [0.2, 0.25) is 0 Å². The zero-order valence-corrected chi connectivity index (χ0v) is 13.2. The molecule has 1 saturated carbocycles. The molecule has 1 aromatic heterocycles. The Balaban J connectivity index is 1.78. The van der Waals surface area contributed by atoms with E-state index in [2.05, 4.69) is 42.0 Å². The number of hydrogen-bond acceptors (Lipinski definition) is 3. The monoisotopic (exact) mass is 294 g/mol. The second-order valence-corrected chi connectivity index (χ2v) is 7.57. The zero-order valence-electron chi connectivity index (χ0n) is 11.5. The van der Waals surface area contributed by atoms with Crippen molar-refractivity contribution in [3.8, 4) is 11.8 Å². The normalized spacial score (nSPS) is 22.8. The molecule has 2 unspecified atom stereocenters. The summed E-state index contributed by atoms with van der Waals surface area (Å²) in [6.45, 7) is 2.53. The molecule has 1 aromatic rings. The van der Waals surface area contributed by atoms with E-state index < -0.39 is 0 Å². The van der Waals surface area contributed by atoms with Crippen LogP contribution in [0.1, 0.15) is 49.5 Å². The second-order valence-electron chi connectivity index (χ2n) is 5.28. The topological polar surface area (TPSA) is 20.2 Å². The Morgan fingerprint density at radius 1 is 1.47 bits per heavy atom. The van der Waals surface area contributed by atoms with Gasteiger partial charge in [0.15, 0.2) is 0 Å². The summed E-state index contributed by atoms with van der Waals surface area (Å²) < 4.78 is 0. The summed E-state index contributed by atoms with van der Waals surface area (Å²) in [7, 11) is 0. The van der Waals surface area contributed by atoms with Gasteiger partial charge < -0.3 is 5.11 Å². The number of rotatable bonds is 4. The van der Waals surface area contributed by atoms with E-state index in [1.165, 1.54) is 30.6 Å². The lowest BCUT2D eigenvalue weighted by atomic mass is 9.91. The summed E-state index contributed by atoms with van der Waals surface area (Å²) in [5.74, 6) is 8.12. The molecule has 0 saturated heterocycles. The van der Waals surface area contributed by atoms with Crippen molar-refractivity contribution in [3.05, 3.63) is 21.9 Å². The van der Waals surface area contributed by atoms with Crippen molar-refractivity contribution in [1.82, 2.24) is 0 Å². The zero-order chi connectivity index (χ0) is 13.5. The fraction of sp³-hybridized carbons (Fsp3) is 0.625. The van der Waals surface area contributed by atoms with Gasteiger partial charge in [0.2, 0.25) is 0 Å². The van der Waals surface area contributed by atoms with Crippen LogP contribution in [0.3, 0.4) is 0 Å². The number of thioether (sulfide) groups is 1. The molecule has 0 aliphatic heterocycles. The quantitative estimate of drug-likeness (QED) is 0.836. The van der Waals surface area contributed by atoms with Crippen LogP contribution in [0.5, 0.6) is 0 Å². The highest BCUT2D eigenvalue weighted by Crippen LogP contribution is 2.34. The van der Waals surface area contributed by atoms with E-state index >= 15 is 0 Å². The SMILES string of the molecule is CC1CCCC(SCc2cc(C#CCCO)cs2)C1. The smallest absolute Gasteiger partial charge is 0.0540 e. The molecule has 1 aliphatic carbocycles. The van der Waals surface area contributed by atoms with Crippen LogP contribution in [0.15, 0.2) is 11.4 Å². The minimum atomic E-state index is 0.152. The summed E-state index contributed by atoms with van der Waals surface area (Å²) in [6.07, 6.45) is 6.17. The van der Waals surface area contributed by atoms with E-state index in [-0.39, 0.29) is 6.61 Å². The van der Waals surface area contributed by atoms with Gasteiger partial charge in [0.1, 0.15) is 0 Å². The lowest BCUT2D eigenvalue weighted by molar-refractivity contribution is 0.305. The molecule has 2 rings (SSSR count). The molecule has 1 fully saturated rings. The lowest BCUT2D eigenvalue weighted by Crippen LogP contribution is -2.15. The first-order valence-electron chi connectivity index (χ1n) is 7.06. The molecular formula is C16H22OS2. The molecular weight excluding hydrogens is 272 g/mol. The molecule has 1 nitrogen and oxygen atoms in total. The fourth-order valence-electron chi connectivity index (χ4n) is 2.47. The van der Waals surface area contributed by atoms with E-state index in [1.807, 2.05) is 11.3 Å². The molecule has 19 heavy (non-hydrogen) atoms. The van der Waals surface area contributed by atoms with Gasteiger partial charge in [0.25, 0.3) is 0 Å². The van der Waals surface area contributed by atoms with Gasteiger partial charge in [-0.2, -0.15) is 11.8 Å². The maximum atomic E-state index is 8.70. The third-order valence-corrected chi connectivity index (χ3v) is 5.97. The highest BCUT2D eigenvalue weighted by Gasteiger charge is 2.19. The first-order chi connectivity index (χ1) is 9.28. The Morgan fingerprint density at radius 2 is 2.37 bits per heavy atom. The summed E-state index contributed by atoms with van der Waals surface area (Å²) in [6, 6.07) is 2.20. The van der Waals surface area contributed by atoms with E-state index in [1.54, 1.807) is 0 Å². The Labute approximate surface area is 124 Å². The summed E-state index contributed by atoms with van der Waals surface area (Å²) in [5.41, 5.74) is 1.10. The Kier molecular flexibility index (Phi) is 6.30. The molecule has 2 atom stereocenters. The van der Waals surface area contributed by atoms with Crippen LogP contribution < -0.4 is 0 Å². The van der Waals surface area contributed by atoms with Gasteiger partial charge in [-0.05, 0) is 24.8 Å². The molecule has 1 heterocycles. The average molecular weight is 294 g/mol. The van der Waals surface area contributed by atoms with E-state index in [0.29, 0.717) is 6.42 Å². The molecule has 0 radical (unpaired) electrons. The molecule has 0 aromatic carbocycles. The first-order valence-corrected chi connectivity index (χ1v) is 8.99. The molecule has 3 heteroatoms. The summed E-state index contributed by atoms with van der Waals surface area (Å²) in [5, 5.41) is 11.7. The van der Waals surface area contributed by atoms with Crippen LogP contribution in [0, 0.1) is 17.8 Å². The predicted octanol–water partition coefficient (Wildman–Crippen LogP) is 4.29. The predicted molar refractivity (Wildman–Crippen MR) is 85.6 cm³/mol. The van der Waals surface area contributed by atoms with Crippen LogP contribution in [-0.2, 0) is 5.75 Å². The van der Waals surface area contributed by atoms with Crippen molar-refractivity contribution in [2.24, 2.45) is 5.92 Å². The largest absolute Gasteiger partial charge is 0.395 e. The first kappa shape index (κ1) is 15.0. The van der Waals surface area contributed by atoms with Crippen molar-refractivity contribution in [3.63, 3.8) is 0 Å². The molecule has 104 valence electrons. The van der Waals surface area contributed by atoms with Crippen LogP contribution in [0.4, 0.5) is 0 Å². The van der Waals surface area contributed by atoms with Gasteiger partial charge in [-0.3, -0.25) is 0 Å². The second kappa shape index (κ2) is 7.99. The number of thiophene rings is 1. The molecule has 1 aliphatic rings. The lowest BCUT2D eigenvalue weighted by Gasteiger charge is -2.25. The maximum absolute atomic E-state index is 8.70. The van der Waals surface area contributed by atoms with Crippen LogP contribution >= 0.6 is 23.1 Å². The van der Waals surface area contributed by atoms with Crippen molar-refractivity contribution >= 4 is 23.1 Å². The minimum absolute atomic E-state index is 0.152. The molecule has 0 bridgehead atoms. The van der Waals surface area contributed by atoms with Crippen molar-refractivity contribution in [2.75, 3.05) is 6.61 Å². The van der Waals surface area contributed by atoms with Crippen molar-refractivity contribution < 1.29 is 5.11 Å². The van der Waals surface area contributed by atoms with Gasteiger partial charge in [-0.25, -0.2) is 0 Å². The van der Waals surface area contributed by atoms with E-state index in [9.17, 15) is 0 Å². The van der Waals surface area contributed by atoms with Gasteiger partial charge in [-0.15, -0.1) is 11.3 Å². The van der Waals surface area contributed by atoms with Crippen LogP contribution in [0.25, 0.3) is 0 Å². The Morgan fingerprint density at radius 3 is 3.16 bits per heavy atom. The molecule has 0 spiro atoms. The van der Waals surface area contributed by atoms with Gasteiger partial charge in [-0.1, -0.05) is 31.6 Å². The number of hydrogen-bond donors (Lipinski definition) is 1. The summed E-state index contributed by atoms with van der Waals surface area (Å²) >= 11 is 3.93. The van der Waals surface area contributed by atoms with Crippen molar-refractivity contribution in [2.45, 2.75) is 50.0 Å². The van der Waals surface area contributed by atoms with Gasteiger partial charge >= 0.3 is 0 Å². The third-order valence-electron chi connectivity index (χ3n) is 3.47. The molecule has 0 amide bonds. The average Bonchev–Trinajstić information content (AvgIpc) is 2.85.